The van der Waals surface area contributed by atoms with E-state index in [0.29, 0.717) is 19.4 Å². The fourth-order valence-electron chi connectivity index (χ4n) is 9.42. The second-order valence-corrected chi connectivity index (χ2v) is 21.0. The number of rotatable bonds is 52. The minimum Gasteiger partial charge on any atom is -0.466 e. The van der Waals surface area contributed by atoms with E-state index in [1.165, 1.54) is 173 Å². The zero-order chi connectivity index (χ0) is 52.4. The number of nitrogens with one attached hydrogen (secondary N) is 1. The number of esters is 1. The molecule has 11 nitrogen and oxygen atoms in total. The highest BCUT2D eigenvalue weighted by molar-refractivity contribution is 5.76. The summed E-state index contributed by atoms with van der Waals surface area (Å²) in [6.45, 7) is 4.25. The number of allylic oxidation sites excluding steroid dienone is 5. The molecule has 1 rings (SSSR count). The van der Waals surface area contributed by atoms with Gasteiger partial charge in [-0.05, 0) is 51.4 Å². The number of amides is 1. The van der Waals surface area contributed by atoms with Gasteiger partial charge in [0.15, 0.2) is 6.29 Å². The molecule has 1 aliphatic rings. The third-order valence-corrected chi connectivity index (χ3v) is 14.2. The summed E-state index contributed by atoms with van der Waals surface area (Å²) in [5.74, 6) is -0.198. The molecule has 0 bridgehead atoms. The quantitative estimate of drug-likeness (QED) is 0.0195. The van der Waals surface area contributed by atoms with E-state index < -0.39 is 49.5 Å². The van der Waals surface area contributed by atoms with Gasteiger partial charge in [-0.2, -0.15) is 0 Å². The Labute approximate surface area is 441 Å². The van der Waals surface area contributed by atoms with Crippen molar-refractivity contribution >= 4 is 11.9 Å². The van der Waals surface area contributed by atoms with E-state index in [2.05, 4.69) is 43.5 Å². The first-order valence-corrected chi connectivity index (χ1v) is 30.3. The van der Waals surface area contributed by atoms with Crippen LogP contribution in [0.2, 0.25) is 0 Å². The van der Waals surface area contributed by atoms with Crippen molar-refractivity contribution < 1.29 is 49.3 Å². The van der Waals surface area contributed by atoms with Gasteiger partial charge in [-0.15, -0.1) is 0 Å². The van der Waals surface area contributed by atoms with Crippen molar-refractivity contribution in [2.75, 3.05) is 19.8 Å². The zero-order valence-corrected chi connectivity index (χ0v) is 46.4. The molecule has 0 spiro atoms. The van der Waals surface area contributed by atoms with Crippen molar-refractivity contribution in [3.05, 3.63) is 36.5 Å². The molecular weight excluding hydrogens is 907 g/mol. The van der Waals surface area contributed by atoms with Gasteiger partial charge in [0.2, 0.25) is 5.91 Å². The summed E-state index contributed by atoms with van der Waals surface area (Å²) in [6.07, 6.45) is 52.5. The lowest BCUT2D eigenvalue weighted by atomic mass is 9.99. The standard InChI is InChI=1S/C61H113NO10/c1-3-5-7-9-11-13-27-31-35-39-43-47-54(64)53(52-71-61-60(69)59(68)58(67)55(51-63)72-61)62-56(65)48-44-40-36-32-29-25-23-21-19-17-15-16-18-20-22-24-26-30-34-38-42-46-50-70-57(66)49-45-41-37-33-28-14-12-10-8-6-4-2/h7,9,27,31,43,47,53-55,58-61,63-64,67-69H,3-6,8,10-26,28-30,32-42,44-46,48-52H2,1-2H3,(H,62,65)/b9-7+,31-27+,47-43+. The van der Waals surface area contributed by atoms with Crippen LogP contribution >= 0.6 is 0 Å². The molecule has 1 saturated heterocycles. The summed E-state index contributed by atoms with van der Waals surface area (Å²) in [5, 5.41) is 54.2. The number of hydrogen-bond donors (Lipinski definition) is 6. The summed E-state index contributed by atoms with van der Waals surface area (Å²) in [4.78, 5) is 25.0. The smallest absolute Gasteiger partial charge is 0.305 e. The van der Waals surface area contributed by atoms with Crippen molar-refractivity contribution in [3.63, 3.8) is 0 Å². The Kier molecular flexibility index (Phi) is 48.1. The molecule has 7 atom stereocenters. The molecule has 1 heterocycles. The van der Waals surface area contributed by atoms with Crippen LogP contribution in [0.3, 0.4) is 0 Å². The Bertz CT molecular complexity index is 1290. The number of carbonyl (C=O) groups excluding carboxylic acids is 2. The van der Waals surface area contributed by atoms with E-state index in [0.717, 1.165) is 77.0 Å². The highest BCUT2D eigenvalue weighted by Gasteiger charge is 2.44. The highest BCUT2D eigenvalue weighted by atomic mass is 16.7. The first kappa shape index (κ1) is 67.9. The SMILES string of the molecule is CCC/C=C/CC/C=C/CC/C=C/C(O)C(COC1OC(CO)C(O)C(O)C1O)NC(=O)CCCCCCCCCCCCCCCCCCCCCCCCOC(=O)CCCCCCCCCCCCC. The van der Waals surface area contributed by atoms with E-state index in [4.69, 9.17) is 14.2 Å². The van der Waals surface area contributed by atoms with Crippen LogP contribution < -0.4 is 5.32 Å². The third-order valence-electron chi connectivity index (χ3n) is 14.2. The number of ether oxygens (including phenoxy) is 3. The van der Waals surface area contributed by atoms with Gasteiger partial charge in [-0.25, -0.2) is 0 Å². The maximum Gasteiger partial charge on any atom is 0.305 e. The van der Waals surface area contributed by atoms with Gasteiger partial charge in [0.25, 0.3) is 0 Å². The lowest BCUT2D eigenvalue weighted by Gasteiger charge is -2.40. The summed E-state index contributed by atoms with van der Waals surface area (Å²) < 4.78 is 16.7. The molecule has 11 heteroatoms. The molecule has 72 heavy (non-hydrogen) atoms. The number of aliphatic hydroxyl groups is 5. The topological polar surface area (TPSA) is 175 Å². The molecule has 0 radical (unpaired) electrons. The Hall–Kier alpha value is -2.12. The van der Waals surface area contributed by atoms with E-state index in [-0.39, 0.29) is 18.5 Å². The van der Waals surface area contributed by atoms with Gasteiger partial charge in [0, 0.05) is 12.8 Å². The number of hydrogen-bond acceptors (Lipinski definition) is 10. The Morgan fingerprint density at radius 3 is 1.35 bits per heavy atom. The average Bonchev–Trinajstić information content (AvgIpc) is 3.38. The Morgan fingerprint density at radius 1 is 0.500 bits per heavy atom. The zero-order valence-electron chi connectivity index (χ0n) is 46.4. The van der Waals surface area contributed by atoms with E-state index in [1.54, 1.807) is 6.08 Å². The minimum absolute atomic E-state index is 0.000470. The summed E-state index contributed by atoms with van der Waals surface area (Å²) in [7, 11) is 0. The summed E-state index contributed by atoms with van der Waals surface area (Å²) >= 11 is 0. The molecule has 1 amide bonds. The molecule has 1 fully saturated rings. The van der Waals surface area contributed by atoms with Crippen molar-refractivity contribution in [1.82, 2.24) is 5.32 Å². The minimum atomic E-state index is -1.58. The Morgan fingerprint density at radius 2 is 0.903 bits per heavy atom. The average molecular weight is 1020 g/mol. The first-order chi connectivity index (χ1) is 35.2. The van der Waals surface area contributed by atoms with E-state index in [1.807, 2.05) is 6.08 Å². The number of carbonyl (C=O) groups is 2. The Balaban J connectivity index is 2.04. The van der Waals surface area contributed by atoms with Crippen molar-refractivity contribution in [1.29, 1.82) is 0 Å². The molecule has 0 aromatic carbocycles. The van der Waals surface area contributed by atoms with Gasteiger partial charge >= 0.3 is 5.97 Å². The second-order valence-electron chi connectivity index (χ2n) is 21.0. The van der Waals surface area contributed by atoms with Crippen molar-refractivity contribution in [2.45, 2.75) is 320 Å². The first-order valence-electron chi connectivity index (χ1n) is 30.3. The van der Waals surface area contributed by atoms with Crippen LogP contribution in [-0.4, -0.2) is 100 Å². The third kappa shape index (κ3) is 40.2. The monoisotopic (exact) mass is 1020 g/mol. The van der Waals surface area contributed by atoms with E-state index in [9.17, 15) is 35.1 Å². The molecule has 6 N–H and O–H groups in total. The molecule has 0 aromatic heterocycles. The predicted octanol–water partition coefficient (Wildman–Crippen LogP) is 13.9. The molecule has 0 aromatic rings. The van der Waals surface area contributed by atoms with Crippen molar-refractivity contribution in [3.8, 4) is 0 Å². The van der Waals surface area contributed by atoms with Gasteiger partial charge in [0.1, 0.15) is 24.4 Å². The van der Waals surface area contributed by atoms with Crippen LogP contribution in [-0.2, 0) is 23.8 Å². The maximum absolute atomic E-state index is 13.0. The van der Waals surface area contributed by atoms with Crippen LogP contribution in [0, 0.1) is 0 Å². The lowest BCUT2D eigenvalue weighted by molar-refractivity contribution is -0.302. The van der Waals surface area contributed by atoms with Gasteiger partial charge in [-0.3, -0.25) is 9.59 Å². The van der Waals surface area contributed by atoms with Crippen molar-refractivity contribution in [2.24, 2.45) is 0 Å². The molecular formula is C61H113NO10. The van der Waals surface area contributed by atoms with Crippen LogP contribution in [0.4, 0.5) is 0 Å². The van der Waals surface area contributed by atoms with Crippen LogP contribution in [0.5, 0.6) is 0 Å². The molecule has 1 aliphatic heterocycles. The van der Waals surface area contributed by atoms with Gasteiger partial charge in [0.05, 0.1) is 32.0 Å². The number of aliphatic hydroxyl groups excluding tert-OH is 5. The lowest BCUT2D eigenvalue weighted by Crippen LogP contribution is -2.60. The fraction of sp³-hybridized carbons (Fsp3) is 0.869. The molecule has 422 valence electrons. The van der Waals surface area contributed by atoms with Gasteiger partial charge in [-0.1, -0.05) is 249 Å². The highest BCUT2D eigenvalue weighted by Crippen LogP contribution is 2.23. The molecule has 7 unspecified atom stereocenters. The summed E-state index contributed by atoms with van der Waals surface area (Å²) in [5.41, 5.74) is 0. The largest absolute Gasteiger partial charge is 0.466 e. The van der Waals surface area contributed by atoms with Crippen LogP contribution in [0.1, 0.15) is 277 Å². The van der Waals surface area contributed by atoms with Gasteiger partial charge < -0.3 is 45.1 Å². The van der Waals surface area contributed by atoms with E-state index >= 15 is 0 Å². The van der Waals surface area contributed by atoms with Crippen LogP contribution in [0.15, 0.2) is 36.5 Å². The second kappa shape index (κ2) is 51.0. The predicted molar refractivity (Wildman–Crippen MR) is 297 cm³/mol. The maximum atomic E-state index is 13.0. The number of unbranched alkanes of at least 4 members (excludes halogenated alkanes) is 34. The molecule has 0 saturated carbocycles. The molecule has 0 aliphatic carbocycles. The normalized spacial score (nSPS) is 19.2. The summed E-state index contributed by atoms with van der Waals surface area (Å²) in [6, 6.07) is -0.834. The van der Waals surface area contributed by atoms with Crippen LogP contribution in [0.25, 0.3) is 0 Å². The fourth-order valence-corrected chi connectivity index (χ4v) is 9.42.